The van der Waals surface area contributed by atoms with E-state index in [4.69, 9.17) is 25.7 Å². The van der Waals surface area contributed by atoms with Gasteiger partial charge < -0.3 is 30.6 Å². The van der Waals surface area contributed by atoms with Gasteiger partial charge in [0, 0.05) is 30.4 Å². The first-order valence-electron chi connectivity index (χ1n) is 9.95. The van der Waals surface area contributed by atoms with Crippen LogP contribution in [0.25, 0.3) is 6.08 Å². The Morgan fingerprint density at radius 2 is 1.56 bits per heavy atom. The van der Waals surface area contributed by atoms with Crippen molar-refractivity contribution in [2.45, 2.75) is 6.54 Å². The zero-order chi connectivity index (χ0) is 23.1. The summed E-state index contributed by atoms with van der Waals surface area (Å²) in [7, 11) is 4.74. The number of primary amides is 1. The Labute approximate surface area is 187 Å². The van der Waals surface area contributed by atoms with E-state index >= 15 is 0 Å². The van der Waals surface area contributed by atoms with Gasteiger partial charge in [0.25, 0.3) is 0 Å². The van der Waals surface area contributed by atoms with E-state index in [1.807, 2.05) is 60.7 Å². The number of benzene rings is 3. The predicted molar refractivity (Wildman–Crippen MR) is 127 cm³/mol. The van der Waals surface area contributed by atoms with Crippen molar-refractivity contribution in [2.75, 3.05) is 32.0 Å². The van der Waals surface area contributed by atoms with Crippen molar-refractivity contribution in [1.29, 1.82) is 0 Å². The molecule has 3 rings (SSSR count). The molecular weight excluding hydrogens is 406 g/mol. The van der Waals surface area contributed by atoms with Gasteiger partial charge in [-0.15, -0.1) is 0 Å². The van der Waals surface area contributed by atoms with E-state index in [0.717, 1.165) is 22.5 Å². The number of carbonyl (C=O) groups excluding carboxylic acids is 1. The number of rotatable bonds is 9. The van der Waals surface area contributed by atoms with E-state index in [-0.39, 0.29) is 0 Å². The smallest absolute Gasteiger partial charge is 0.241 e. The maximum absolute atomic E-state index is 11.0. The molecule has 0 fully saturated rings. The van der Waals surface area contributed by atoms with Crippen molar-refractivity contribution < 1.29 is 19.0 Å². The molecule has 0 bridgehead atoms. The molecule has 0 aliphatic rings. The monoisotopic (exact) mass is 433 g/mol. The molecule has 7 nitrogen and oxygen atoms in total. The molecule has 1 amide bonds. The first-order valence-corrected chi connectivity index (χ1v) is 9.95. The molecule has 0 saturated carbocycles. The molecule has 7 heteroatoms. The average Bonchev–Trinajstić information content (AvgIpc) is 2.81. The second kappa shape index (κ2) is 10.3. The van der Waals surface area contributed by atoms with E-state index in [2.05, 4.69) is 4.90 Å². The molecule has 0 saturated heterocycles. The van der Waals surface area contributed by atoms with Crippen molar-refractivity contribution >= 4 is 29.0 Å². The molecule has 3 aromatic rings. The standard InChI is InChI=1S/C25H27N3O4/c1-30-22-14-19(15-23(31-2)25(22)32-3)28(21-7-5-4-6-20(21)26)16-18-10-8-17(9-11-18)12-13-24(27)29/h4-15H,16,26H2,1-3H3,(H2,27,29)/b13-12+. The van der Waals surface area contributed by atoms with Gasteiger partial charge in [-0.3, -0.25) is 4.79 Å². The lowest BCUT2D eigenvalue weighted by Gasteiger charge is -2.28. The van der Waals surface area contributed by atoms with Crippen molar-refractivity contribution in [2.24, 2.45) is 5.73 Å². The first kappa shape index (κ1) is 22.6. The number of carbonyl (C=O) groups is 1. The highest BCUT2D eigenvalue weighted by molar-refractivity contribution is 5.90. The van der Waals surface area contributed by atoms with Crippen LogP contribution in [0.2, 0.25) is 0 Å². The summed E-state index contributed by atoms with van der Waals surface area (Å²) < 4.78 is 16.5. The Bertz CT molecular complexity index is 1090. The molecule has 0 aliphatic carbocycles. The van der Waals surface area contributed by atoms with Crippen LogP contribution in [0.3, 0.4) is 0 Å². The number of nitrogens with two attached hydrogens (primary N) is 2. The van der Waals surface area contributed by atoms with Crippen LogP contribution in [0.15, 0.2) is 66.7 Å². The van der Waals surface area contributed by atoms with Crippen molar-refractivity contribution in [3.05, 3.63) is 77.9 Å². The summed E-state index contributed by atoms with van der Waals surface area (Å²) in [6.45, 7) is 0.534. The highest BCUT2D eigenvalue weighted by Crippen LogP contribution is 2.43. The summed E-state index contributed by atoms with van der Waals surface area (Å²) in [5.74, 6) is 1.13. The lowest BCUT2D eigenvalue weighted by Crippen LogP contribution is -2.18. The largest absolute Gasteiger partial charge is 0.493 e. The number of nitrogen functional groups attached to an aromatic ring is 1. The fourth-order valence-electron chi connectivity index (χ4n) is 3.37. The molecule has 0 aliphatic heterocycles. The first-order chi connectivity index (χ1) is 15.5. The molecule has 0 heterocycles. The number of hydrogen-bond donors (Lipinski definition) is 2. The summed E-state index contributed by atoms with van der Waals surface area (Å²) in [4.78, 5) is 13.0. The van der Waals surface area contributed by atoms with Crippen LogP contribution in [-0.4, -0.2) is 27.2 Å². The summed E-state index contributed by atoms with van der Waals surface area (Å²) in [6.07, 6.45) is 3.01. The van der Waals surface area contributed by atoms with Gasteiger partial charge in [-0.05, 0) is 29.3 Å². The number of methoxy groups -OCH3 is 3. The molecule has 166 valence electrons. The summed E-state index contributed by atoms with van der Waals surface area (Å²) >= 11 is 0. The van der Waals surface area contributed by atoms with Crippen LogP contribution in [0, 0.1) is 0 Å². The van der Waals surface area contributed by atoms with Crippen molar-refractivity contribution in [3.63, 3.8) is 0 Å². The van der Waals surface area contributed by atoms with Crippen LogP contribution in [0.5, 0.6) is 17.2 Å². The van der Waals surface area contributed by atoms with Crippen LogP contribution in [0.4, 0.5) is 17.1 Å². The molecule has 4 N–H and O–H groups in total. The summed E-state index contributed by atoms with van der Waals surface area (Å²) in [5, 5.41) is 0. The highest BCUT2D eigenvalue weighted by atomic mass is 16.5. The van der Waals surface area contributed by atoms with Crippen LogP contribution in [-0.2, 0) is 11.3 Å². The number of para-hydroxylation sites is 2. The minimum atomic E-state index is -0.484. The van der Waals surface area contributed by atoms with Gasteiger partial charge in [-0.25, -0.2) is 0 Å². The van der Waals surface area contributed by atoms with E-state index in [1.54, 1.807) is 27.4 Å². The van der Waals surface area contributed by atoms with Gasteiger partial charge in [0.1, 0.15) is 0 Å². The number of hydrogen-bond acceptors (Lipinski definition) is 6. The minimum absolute atomic E-state index is 0.484. The zero-order valence-corrected chi connectivity index (χ0v) is 18.4. The van der Waals surface area contributed by atoms with Gasteiger partial charge in [-0.2, -0.15) is 0 Å². The fourth-order valence-corrected chi connectivity index (χ4v) is 3.37. The van der Waals surface area contributed by atoms with Gasteiger partial charge in [0.15, 0.2) is 11.5 Å². The Balaban J connectivity index is 2.05. The molecule has 0 spiro atoms. The maximum atomic E-state index is 11.0. The van der Waals surface area contributed by atoms with Gasteiger partial charge in [-0.1, -0.05) is 36.4 Å². The van der Waals surface area contributed by atoms with E-state index in [9.17, 15) is 4.79 Å². The SMILES string of the molecule is COc1cc(N(Cc2ccc(/C=C/C(N)=O)cc2)c2ccccc2N)cc(OC)c1OC. The second-order valence-corrected chi connectivity index (χ2v) is 7.01. The lowest BCUT2D eigenvalue weighted by molar-refractivity contribution is -0.113. The molecule has 3 aromatic carbocycles. The Morgan fingerprint density at radius 3 is 2.09 bits per heavy atom. The average molecular weight is 434 g/mol. The maximum Gasteiger partial charge on any atom is 0.241 e. The zero-order valence-electron chi connectivity index (χ0n) is 18.4. The quantitative estimate of drug-likeness (QED) is 0.389. The van der Waals surface area contributed by atoms with E-state index in [0.29, 0.717) is 29.5 Å². The highest BCUT2D eigenvalue weighted by Gasteiger charge is 2.19. The second-order valence-electron chi connectivity index (χ2n) is 7.01. The van der Waals surface area contributed by atoms with Gasteiger partial charge in [0.05, 0.1) is 32.7 Å². The van der Waals surface area contributed by atoms with E-state index in [1.165, 1.54) is 6.08 Å². The minimum Gasteiger partial charge on any atom is -0.493 e. The van der Waals surface area contributed by atoms with Crippen LogP contribution >= 0.6 is 0 Å². The molecule has 0 atom stereocenters. The van der Waals surface area contributed by atoms with E-state index < -0.39 is 5.91 Å². The van der Waals surface area contributed by atoms with Crippen molar-refractivity contribution in [1.82, 2.24) is 0 Å². The normalized spacial score (nSPS) is 10.7. The Morgan fingerprint density at radius 1 is 0.938 bits per heavy atom. The number of nitrogens with zero attached hydrogens (tertiary/aromatic N) is 1. The molecule has 0 radical (unpaired) electrons. The predicted octanol–water partition coefficient (Wildman–Crippen LogP) is 4.13. The van der Waals surface area contributed by atoms with Gasteiger partial charge >= 0.3 is 0 Å². The third-order valence-electron chi connectivity index (χ3n) is 4.95. The Hall–Kier alpha value is -4.13. The van der Waals surface area contributed by atoms with Gasteiger partial charge in [0.2, 0.25) is 11.7 Å². The van der Waals surface area contributed by atoms with Crippen molar-refractivity contribution in [3.8, 4) is 17.2 Å². The topological polar surface area (TPSA) is 100 Å². The molecule has 32 heavy (non-hydrogen) atoms. The number of ether oxygens (including phenoxy) is 3. The molecular formula is C25H27N3O4. The van der Waals surface area contributed by atoms with Crippen LogP contribution < -0.4 is 30.6 Å². The number of anilines is 3. The Kier molecular flexibility index (Phi) is 7.23. The van der Waals surface area contributed by atoms with Crippen LogP contribution in [0.1, 0.15) is 11.1 Å². The summed E-state index contributed by atoms with van der Waals surface area (Å²) in [5.41, 5.74) is 15.7. The third kappa shape index (κ3) is 5.13. The third-order valence-corrected chi connectivity index (χ3v) is 4.95. The summed E-state index contributed by atoms with van der Waals surface area (Å²) in [6, 6.07) is 19.3. The fraction of sp³-hybridized carbons (Fsp3) is 0.160. The lowest BCUT2D eigenvalue weighted by atomic mass is 10.1. The molecule has 0 unspecified atom stereocenters. The number of amides is 1. The molecule has 0 aromatic heterocycles.